The Kier molecular flexibility index (Phi) is 9.19. The van der Waals surface area contributed by atoms with Gasteiger partial charge in [-0.1, -0.05) is 6.07 Å². The van der Waals surface area contributed by atoms with Gasteiger partial charge in [0, 0.05) is 43.2 Å². The van der Waals surface area contributed by atoms with E-state index in [2.05, 4.69) is 15.2 Å². The van der Waals surface area contributed by atoms with Crippen LogP contribution in [0.15, 0.2) is 48.8 Å². The third-order valence-corrected chi connectivity index (χ3v) is 5.56. The zero-order chi connectivity index (χ0) is 25.2. The Morgan fingerprint density at radius 2 is 2.00 bits per heavy atom. The minimum absolute atomic E-state index is 0.0113. The number of hydrogen-bond donors (Lipinski definition) is 2. The summed E-state index contributed by atoms with van der Waals surface area (Å²) in [6.45, 7) is 5.12. The van der Waals surface area contributed by atoms with Crippen LogP contribution in [0.2, 0.25) is 0 Å². The van der Waals surface area contributed by atoms with E-state index < -0.39 is 0 Å². The molecule has 3 aromatic rings. The minimum atomic E-state index is -0.328. The fraction of sp³-hybridized carbons (Fsp3) is 0.320. The molecule has 0 unspecified atom stereocenters. The molecule has 35 heavy (non-hydrogen) atoms. The van der Waals surface area contributed by atoms with Crippen LogP contribution in [0.3, 0.4) is 0 Å². The predicted octanol–water partition coefficient (Wildman–Crippen LogP) is 2.72. The molecule has 0 radical (unpaired) electrons. The number of methoxy groups -OCH3 is 1. The first-order valence-corrected chi connectivity index (χ1v) is 11.1. The smallest absolute Gasteiger partial charge is 0.290 e. The van der Waals surface area contributed by atoms with E-state index in [-0.39, 0.29) is 18.2 Å². The number of nitrogens with one attached hydrogen (secondary N) is 1. The van der Waals surface area contributed by atoms with Crippen LogP contribution in [0.25, 0.3) is 11.1 Å². The molecule has 1 fully saturated rings. The molecule has 4 rings (SSSR count). The van der Waals surface area contributed by atoms with Crippen LogP contribution in [0.5, 0.6) is 11.5 Å². The molecule has 2 aromatic carbocycles. The zero-order valence-corrected chi connectivity index (χ0v) is 19.7. The van der Waals surface area contributed by atoms with E-state index >= 15 is 0 Å². The van der Waals surface area contributed by atoms with Gasteiger partial charge in [-0.2, -0.15) is 0 Å². The van der Waals surface area contributed by atoms with Gasteiger partial charge < -0.3 is 24.5 Å². The van der Waals surface area contributed by atoms with E-state index in [1.54, 1.807) is 19.4 Å². The van der Waals surface area contributed by atoms with Gasteiger partial charge in [0.05, 0.1) is 20.2 Å². The van der Waals surface area contributed by atoms with Gasteiger partial charge in [-0.15, -0.1) is 0 Å². The molecule has 1 aromatic heterocycles. The highest BCUT2D eigenvalue weighted by Crippen LogP contribution is 2.34. The van der Waals surface area contributed by atoms with Crippen molar-refractivity contribution in [2.45, 2.75) is 20.0 Å². The quantitative estimate of drug-likeness (QED) is 0.474. The number of carbonyl (C=O) groups excluding carboxylic acids is 1. The number of nitrogens with zero attached hydrogens (tertiary/aromatic N) is 3. The molecule has 0 atom stereocenters. The number of rotatable bonds is 8. The van der Waals surface area contributed by atoms with Crippen molar-refractivity contribution in [3.63, 3.8) is 0 Å². The Bertz CT molecular complexity index is 1150. The predicted molar refractivity (Wildman–Crippen MR) is 128 cm³/mol. The van der Waals surface area contributed by atoms with Gasteiger partial charge in [0.1, 0.15) is 29.7 Å². The molecule has 186 valence electrons. The van der Waals surface area contributed by atoms with E-state index in [1.807, 2.05) is 35.9 Å². The highest BCUT2D eigenvalue weighted by molar-refractivity contribution is 5.78. The number of halogens is 1. The van der Waals surface area contributed by atoms with Gasteiger partial charge in [0.25, 0.3) is 6.47 Å². The molecular weight excluding hydrogens is 455 g/mol. The highest BCUT2D eigenvalue weighted by atomic mass is 19.1. The second kappa shape index (κ2) is 12.5. The third-order valence-electron chi connectivity index (χ3n) is 5.56. The summed E-state index contributed by atoms with van der Waals surface area (Å²) in [7, 11) is 1.57. The van der Waals surface area contributed by atoms with Crippen molar-refractivity contribution in [2.75, 3.05) is 33.4 Å². The number of piperazine rings is 1. The lowest BCUT2D eigenvalue weighted by Crippen LogP contribution is -2.47. The molecule has 9 nitrogen and oxygen atoms in total. The molecule has 1 amide bonds. The number of imidazole rings is 1. The van der Waals surface area contributed by atoms with Gasteiger partial charge in [-0.25, -0.2) is 9.37 Å². The molecule has 0 bridgehead atoms. The van der Waals surface area contributed by atoms with Gasteiger partial charge in [-0.05, 0) is 42.8 Å². The highest BCUT2D eigenvalue weighted by Gasteiger charge is 2.19. The summed E-state index contributed by atoms with van der Waals surface area (Å²) in [5.74, 6) is 1.96. The van der Waals surface area contributed by atoms with Crippen molar-refractivity contribution in [2.24, 2.45) is 0 Å². The maximum atomic E-state index is 14.0. The largest absolute Gasteiger partial charge is 0.496 e. The van der Waals surface area contributed by atoms with Crippen LogP contribution in [-0.4, -0.2) is 65.3 Å². The summed E-state index contributed by atoms with van der Waals surface area (Å²) in [4.78, 5) is 26.5. The maximum Gasteiger partial charge on any atom is 0.290 e. The minimum Gasteiger partial charge on any atom is -0.496 e. The number of hydrogen-bond acceptors (Lipinski definition) is 6. The van der Waals surface area contributed by atoms with Gasteiger partial charge in [0.2, 0.25) is 5.91 Å². The monoisotopic (exact) mass is 484 g/mol. The normalized spacial score (nSPS) is 13.4. The Hall–Kier alpha value is -3.92. The Balaban J connectivity index is 0.00000108. The average Bonchev–Trinajstić information content (AvgIpc) is 3.25. The third kappa shape index (κ3) is 7.03. The summed E-state index contributed by atoms with van der Waals surface area (Å²) in [6, 6.07) is 10.3. The number of carboxylic acid groups (broad SMARTS) is 1. The first-order chi connectivity index (χ1) is 16.9. The topological polar surface area (TPSA) is 106 Å². The summed E-state index contributed by atoms with van der Waals surface area (Å²) < 4.78 is 27.5. The number of carbonyl (C=O) groups is 2. The van der Waals surface area contributed by atoms with Crippen molar-refractivity contribution in [3.8, 4) is 22.6 Å². The van der Waals surface area contributed by atoms with Crippen molar-refractivity contribution in [1.82, 2.24) is 19.8 Å². The molecule has 0 saturated carbocycles. The van der Waals surface area contributed by atoms with E-state index in [0.29, 0.717) is 44.1 Å². The Morgan fingerprint density at radius 3 is 2.69 bits per heavy atom. The fourth-order valence-electron chi connectivity index (χ4n) is 3.88. The SMILES string of the molecule is COc1ccc(F)cc1-c1ccc(OCCn2ccnc2C)c(CN2CCNC(=O)C2)c1.O=CO. The Morgan fingerprint density at radius 1 is 1.23 bits per heavy atom. The first-order valence-electron chi connectivity index (χ1n) is 11.1. The van der Waals surface area contributed by atoms with Crippen LogP contribution >= 0.6 is 0 Å². The molecule has 1 aliphatic heterocycles. The van der Waals surface area contributed by atoms with Gasteiger partial charge in [-0.3, -0.25) is 14.5 Å². The average molecular weight is 485 g/mol. The lowest BCUT2D eigenvalue weighted by Gasteiger charge is -2.27. The van der Waals surface area contributed by atoms with Crippen LogP contribution < -0.4 is 14.8 Å². The number of aryl methyl sites for hydroxylation is 1. The molecule has 0 aliphatic carbocycles. The first kappa shape index (κ1) is 25.7. The molecule has 1 aliphatic rings. The van der Waals surface area contributed by atoms with Crippen LogP contribution in [-0.2, 0) is 22.7 Å². The second-order valence-corrected chi connectivity index (χ2v) is 7.85. The molecule has 0 spiro atoms. The van der Waals surface area contributed by atoms with E-state index in [1.165, 1.54) is 12.1 Å². The van der Waals surface area contributed by atoms with Gasteiger partial charge >= 0.3 is 0 Å². The molecule has 1 saturated heterocycles. The van der Waals surface area contributed by atoms with Crippen molar-refractivity contribution < 1.29 is 28.6 Å². The number of amides is 1. The molecule has 10 heteroatoms. The number of aromatic nitrogens is 2. The lowest BCUT2D eigenvalue weighted by atomic mass is 10.0. The lowest BCUT2D eigenvalue weighted by molar-refractivity contribution is -0.124. The Labute approximate surface area is 203 Å². The number of benzene rings is 2. The molecular formula is C25H29FN4O5. The summed E-state index contributed by atoms with van der Waals surface area (Å²) in [5, 5.41) is 9.74. The zero-order valence-electron chi connectivity index (χ0n) is 19.7. The van der Waals surface area contributed by atoms with Crippen LogP contribution in [0.1, 0.15) is 11.4 Å². The van der Waals surface area contributed by atoms with E-state index in [9.17, 15) is 9.18 Å². The van der Waals surface area contributed by atoms with Crippen LogP contribution in [0, 0.1) is 12.7 Å². The maximum absolute atomic E-state index is 14.0. The summed E-state index contributed by atoms with van der Waals surface area (Å²) in [6.07, 6.45) is 3.69. The second-order valence-electron chi connectivity index (χ2n) is 7.85. The van der Waals surface area contributed by atoms with Crippen molar-refractivity contribution >= 4 is 12.4 Å². The summed E-state index contributed by atoms with van der Waals surface area (Å²) in [5.41, 5.74) is 2.44. The van der Waals surface area contributed by atoms with E-state index in [0.717, 1.165) is 29.2 Å². The molecule has 2 heterocycles. The van der Waals surface area contributed by atoms with Crippen molar-refractivity contribution in [1.29, 1.82) is 0 Å². The van der Waals surface area contributed by atoms with Crippen LogP contribution in [0.4, 0.5) is 4.39 Å². The number of ether oxygens (including phenoxy) is 2. The molecule has 2 N–H and O–H groups in total. The summed E-state index contributed by atoms with van der Waals surface area (Å²) >= 11 is 0. The van der Waals surface area contributed by atoms with Crippen molar-refractivity contribution in [3.05, 3.63) is 66.0 Å². The fourth-order valence-corrected chi connectivity index (χ4v) is 3.88. The van der Waals surface area contributed by atoms with Gasteiger partial charge in [0.15, 0.2) is 0 Å². The standard InChI is InChI=1S/C24H27FN4O3.CH2O2/c1-17-26-8-10-29(17)11-12-32-22-5-3-18(21-14-20(25)4-6-23(21)31-2)13-19(22)15-28-9-7-27-24(30)16-28;2-1-3/h3-6,8,10,13-14H,7,9,11-12,15-16H2,1-2H3,(H,27,30);1H,(H,2,3). The van der Waals surface area contributed by atoms with E-state index in [4.69, 9.17) is 19.4 Å².